The molecule has 0 aromatic carbocycles. The van der Waals surface area contributed by atoms with Crippen molar-refractivity contribution in [1.29, 1.82) is 0 Å². The summed E-state index contributed by atoms with van der Waals surface area (Å²) in [6, 6.07) is 0. The molecule has 0 aliphatic carbocycles. The molecule has 0 aromatic rings. The maximum Gasteiger partial charge on any atom is 0.123 e. The highest BCUT2D eigenvalue weighted by atomic mass is 15.1. The van der Waals surface area contributed by atoms with Crippen LogP contribution in [0, 0.1) is 0 Å². The van der Waals surface area contributed by atoms with Gasteiger partial charge in [-0.25, -0.2) is 0 Å². The van der Waals surface area contributed by atoms with Gasteiger partial charge in [-0.15, -0.1) is 0 Å². The molecule has 0 aliphatic rings. The molecule has 0 rings (SSSR count). The molecule has 1 nitrogen and oxygen atoms in total. The summed E-state index contributed by atoms with van der Waals surface area (Å²) in [6.07, 6.45) is 1.25. The third kappa shape index (κ3) is 2.36. The van der Waals surface area contributed by atoms with Crippen molar-refractivity contribution in [2.45, 2.75) is 26.2 Å². The van der Waals surface area contributed by atoms with E-state index in [0.717, 1.165) is 12.5 Å². The SMILES string of the molecule is BC(CC)N(C)CC. The van der Waals surface area contributed by atoms with Crippen LogP contribution >= 0.6 is 0 Å². The van der Waals surface area contributed by atoms with Gasteiger partial charge in [0.25, 0.3) is 0 Å². The second-order valence-corrected chi connectivity index (χ2v) is 2.33. The molecule has 0 N–H and O–H groups in total. The Hall–Kier alpha value is 0.0249. The standard InChI is InChI=1S/C6H16BN/c1-4-6(7)8(3)5-2/h6H,4-5,7H2,1-3H3. The van der Waals surface area contributed by atoms with Crippen molar-refractivity contribution in [3.05, 3.63) is 0 Å². The van der Waals surface area contributed by atoms with Crippen LogP contribution < -0.4 is 0 Å². The molecule has 48 valence electrons. The Morgan fingerprint density at radius 3 is 2.12 bits per heavy atom. The summed E-state index contributed by atoms with van der Waals surface area (Å²) in [5.41, 5.74) is 0. The molecule has 0 amide bonds. The van der Waals surface area contributed by atoms with Gasteiger partial charge >= 0.3 is 0 Å². The quantitative estimate of drug-likeness (QED) is 0.476. The lowest BCUT2D eigenvalue weighted by molar-refractivity contribution is 0.318. The third-order valence-electron chi connectivity index (χ3n) is 1.84. The van der Waals surface area contributed by atoms with Crippen LogP contribution in [0.2, 0.25) is 0 Å². The predicted octanol–water partition coefficient (Wildman–Crippen LogP) is 0.307. The lowest BCUT2D eigenvalue weighted by Gasteiger charge is -2.20. The van der Waals surface area contributed by atoms with Gasteiger partial charge in [-0.3, -0.25) is 0 Å². The highest BCUT2D eigenvalue weighted by molar-refractivity contribution is 6.11. The first-order chi connectivity index (χ1) is 3.72. The second kappa shape index (κ2) is 3.96. The van der Waals surface area contributed by atoms with Gasteiger partial charge in [0.15, 0.2) is 0 Å². The van der Waals surface area contributed by atoms with Crippen LogP contribution in [0.15, 0.2) is 0 Å². The highest BCUT2D eigenvalue weighted by Crippen LogP contribution is 1.93. The molecule has 0 fully saturated rings. The maximum absolute atomic E-state index is 2.35. The van der Waals surface area contributed by atoms with Crippen molar-refractivity contribution < 1.29 is 0 Å². The van der Waals surface area contributed by atoms with Crippen molar-refractivity contribution in [2.75, 3.05) is 13.6 Å². The van der Waals surface area contributed by atoms with E-state index >= 15 is 0 Å². The van der Waals surface area contributed by atoms with E-state index in [1.807, 2.05) is 0 Å². The van der Waals surface area contributed by atoms with Crippen molar-refractivity contribution in [2.24, 2.45) is 0 Å². The fourth-order valence-electron chi connectivity index (χ4n) is 0.623. The Labute approximate surface area is 53.5 Å². The molecular weight excluding hydrogens is 96.9 g/mol. The zero-order chi connectivity index (χ0) is 6.57. The number of hydrogen-bond acceptors (Lipinski definition) is 1. The van der Waals surface area contributed by atoms with Gasteiger partial charge < -0.3 is 4.90 Å². The van der Waals surface area contributed by atoms with E-state index in [4.69, 9.17) is 0 Å². The first-order valence-corrected chi connectivity index (χ1v) is 3.42. The summed E-state index contributed by atoms with van der Waals surface area (Å²) in [5, 5.41) is 0. The zero-order valence-corrected chi connectivity index (χ0v) is 6.44. The Balaban J connectivity index is 3.29. The Morgan fingerprint density at radius 2 is 2.00 bits per heavy atom. The van der Waals surface area contributed by atoms with Crippen molar-refractivity contribution in [3.8, 4) is 0 Å². The Kier molecular flexibility index (Phi) is 3.97. The molecule has 0 heterocycles. The van der Waals surface area contributed by atoms with Crippen LogP contribution in [-0.2, 0) is 0 Å². The van der Waals surface area contributed by atoms with Gasteiger partial charge in [0.05, 0.1) is 0 Å². The lowest BCUT2D eigenvalue weighted by Crippen LogP contribution is -2.30. The molecular formula is C6H16BN. The van der Waals surface area contributed by atoms with Crippen molar-refractivity contribution in [3.63, 3.8) is 0 Å². The van der Waals surface area contributed by atoms with E-state index in [9.17, 15) is 0 Å². The Morgan fingerprint density at radius 1 is 1.50 bits per heavy atom. The van der Waals surface area contributed by atoms with Gasteiger partial charge in [-0.1, -0.05) is 13.8 Å². The topological polar surface area (TPSA) is 3.24 Å². The summed E-state index contributed by atoms with van der Waals surface area (Å²) in [5.74, 6) is 0.750. The van der Waals surface area contributed by atoms with Gasteiger partial charge in [0.1, 0.15) is 7.85 Å². The summed E-state index contributed by atoms with van der Waals surface area (Å²) < 4.78 is 0. The maximum atomic E-state index is 2.35. The van der Waals surface area contributed by atoms with Crippen LogP contribution in [0.3, 0.4) is 0 Å². The van der Waals surface area contributed by atoms with Crippen molar-refractivity contribution >= 4 is 7.85 Å². The molecule has 0 spiro atoms. The second-order valence-electron chi connectivity index (χ2n) is 2.33. The monoisotopic (exact) mass is 113 g/mol. The summed E-state index contributed by atoms with van der Waals surface area (Å²) in [7, 11) is 4.41. The molecule has 1 unspecified atom stereocenters. The fraction of sp³-hybridized carbons (Fsp3) is 1.00. The van der Waals surface area contributed by atoms with E-state index in [1.54, 1.807) is 0 Å². The molecule has 2 heteroatoms. The van der Waals surface area contributed by atoms with E-state index in [0.29, 0.717) is 0 Å². The van der Waals surface area contributed by atoms with Crippen LogP contribution in [0.1, 0.15) is 20.3 Å². The fourth-order valence-corrected chi connectivity index (χ4v) is 0.623. The minimum atomic E-state index is 0.750. The van der Waals surface area contributed by atoms with Crippen LogP contribution in [-0.4, -0.2) is 32.3 Å². The molecule has 0 radical (unpaired) electrons. The third-order valence-corrected chi connectivity index (χ3v) is 1.84. The summed E-state index contributed by atoms with van der Waals surface area (Å²) in [6.45, 7) is 5.57. The Bertz CT molecular complexity index is 48.5. The molecule has 8 heavy (non-hydrogen) atoms. The molecule has 0 saturated heterocycles. The minimum Gasteiger partial charge on any atom is -0.312 e. The van der Waals surface area contributed by atoms with Gasteiger partial charge in [0, 0.05) is 0 Å². The predicted molar refractivity (Wildman–Crippen MR) is 40.9 cm³/mol. The number of hydrogen-bond donors (Lipinski definition) is 0. The first-order valence-electron chi connectivity index (χ1n) is 3.42. The molecule has 1 atom stereocenters. The largest absolute Gasteiger partial charge is 0.312 e. The van der Waals surface area contributed by atoms with Crippen LogP contribution in [0.5, 0.6) is 0 Å². The average Bonchev–Trinajstić information content (AvgIpc) is 1.84. The smallest absolute Gasteiger partial charge is 0.123 e. The zero-order valence-electron chi connectivity index (χ0n) is 6.44. The van der Waals surface area contributed by atoms with E-state index in [1.165, 1.54) is 6.42 Å². The molecule has 0 aliphatic heterocycles. The van der Waals surface area contributed by atoms with E-state index in [2.05, 4.69) is 33.6 Å². The van der Waals surface area contributed by atoms with Gasteiger partial charge in [-0.2, -0.15) is 0 Å². The van der Waals surface area contributed by atoms with E-state index < -0.39 is 0 Å². The number of nitrogens with zero attached hydrogens (tertiary/aromatic N) is 1. The average molecular weight is 113 g/mol. The normalized spacial score (nSPS) is 14.5. The molecule has 0 aromatic heterocycles. The van der Waals surface area contributed by atoms with E-state index in [-0.39, 0.29) is 0 Å². The first kappa shape index (κ1) is 8.02. The van der Waals surface area contributed by atoms with Gasteiger partial charge in [0.2, 0.25) is 0 Å². The highest BCUT2D eigenvalue weighted by Gasteiger charge is 2.01. The lowest BCUT2D eigenvalue weighted by atomic mass is 9.93. The van der Waals surface area contributed by atoms with Gasteiger partial charge in [-0.05, 0) is 26.0 Å². The van der Waals surface area contributed by atoms with Crippen molar-refractivity contribution in [1.82, 2.24) is 4.90 Å². The summed E-state index contributed by atoms with van der Waals surface area (Å²) in [4.78, 5) is 2.35. The van der Waals surface area contributed by atoms with Crippen LogP contribution in [0.25, 0.3) is 0 Å². The summed E-state index contributed by atoms with van der Waals surface area (Å²) >= 11 is 0. The molecule has 0 saturated carbocycles. The minimum absolute atomic E-state index is 0.750. The number of rotatable bonds is 3. The van der Waals surface area contributed by atoms with Crippen LogP contribution in [0.4, 0.5) is 0 Å². The molecule has 0 bridgehead atoms.